The van der Waals surface area contributed by atoms with Crippen LogP contribution in [0.4, 0.5) is 0 Å². The summed E-state index contributed by atoms with van der Waals surface area (Å²) in [5, 5.41) is 3.89. The summed E-state index contributed by atoms with van der Waals surface area (Å²) >= 11 is 4.36. The van der Waals surface area contributed by atoms with Crippen molar-refractivity contribution in [1.82, 2.24) is 5.32 Å². The molecule has 2 heteroatoms. The van der Waals surface area contributed by atoms with Crippen molar-refractivity contribution in [3.63, 3.8) is 0 Å². The zero-order chi connectivity index (χ0) is 6.69. The monoisotopic (exact) mass is 145 g/mol. The fourth-order valence-corrected chi connectivity index (χ4v) is 1.71. The van der Waals surface area contributed by atoms with Crippen molar-refractivity contribution in [2.75, 3.05) is 0 Å². The van der Waals surface area contributed by atoms with Crippen LogP contribution in [0.5, 0.6) is 0 Å². The predicted molar refractivity (Wildman–Crippen MR) is 43.8 cm³/mol. The molecule has 1 N–H and O–H groups in total. The van der Waals surface area contributed by atoms with E-state index in [2.05, 4.69) is 24.9 Å². The Morgan fingerprint density at radius 1 is 1.56 bits per heavy atom. The highest BCUT2D eigenvalue weighted by molar-refractivity contribution is 7.80. The summed E-state index contributed by atoms with van der Waals surface area (Å²) in [6.45, 7) is 2.23. The smallest absolute Gasteiger partial charge is 0.0504 e. The first-order chi connectivity index (χ1) is 4.33. The number of thiol groups is 1. The average molecular weight is 145 g/mol. The van der Waals surface area contributed by atoms with Gasteiger partial charge in [-0.25, -0.2) is 0 Å². The SMILES string of the molecule is CCC1CCCC(S)N1. The van der Waals surface area contributed by atoms with Crippen molar-refractivity contribution in [1.29, 1.82) is 0 Å². The zero-order valence-electron chi connectivity index (χ0n) is 5.93. The maximum Gasteiger partial charge on any atom is 0.0504 e. The second-order valence-electron chi connectivity index (χ2n) is 2.72. The Morgan fingerprint density at radius 2 is 2.33 bits per heavy atom. The number of hydrogen-bond acceptors (Lipinski definition) is 2. The molecule has 1 fully saturated rings. The molecule has 1 saturated heterocycles. The van der Waals surface area contributed by atoms with Crippen LogP contribution in [0.15, 0.2) is 0 Å². The van der Waals surface area contributed by atoms with E-state index >= 15 is 0 Å². The Labute approximate surface area is 62.6 Å². The van der Waals surface area contributed by atoms with Gasteiger partial charge in [0.2, 0.25) is 0 Å². The van der Waals surface area contributed by atoms with Crippen molar-refractivity contribution in [3.05, 3.63) is 0 Å². The highest BCUT2D eigenvalue weighted by atomic mass is 32.1. The van der Waals surface area contributed by atoms with Crippen LogP contribution in [0.1, 0.15) is 32.6 Å². The molecule has 0 radical (unpaired) electrons. The molecular weight excluding hydrogens is 130 g/mol. The van der Waals surface area contributed by atoms with Gasteiger partial charge >= 0.3 is 0 Å². The van der Waals surface area contributed by atoms with Gasteiger partial charge in [0.05, 0.1) is 5.37 Å². The largest absolute Gasteiger partial charge is 0.303 e. The Balaban J connectivity index is 2.23. The van der Waals surface area contributed by atoms with Gasteiger partial charge in [0.15, 0.2) is 0 Å². The van der Waals surface area contributed by atoms with E-state index in [0.717, 1.165) is 6.04 Å². The zero-order valence-corrected chi connectivity index (χ0v) is 6.82. The molecule has 0 aromatic carbocycles. The molecule has 0 saturated carbocycles. The predicted octanol–water partition coefficient (Wildman–Crippen LogP) is 1.79. The summed E-state index contributed by atoms with van der Waals surface area (Å²) in [5.41, 5.74) is 0. The normalized spacial score (nSPS) is 36.7. The summed E-state index contributed by atoms with van der Waals surface area (Å²) in [7, 11) is 0. The van der Waals surface area contributed by atoms with Gasteiger partial charge in [0.1, 0.15) is 0 Å². The van der Waals surface area contributed by atoms with Gasteiger partial charge < -0.3 is 5.32 Å². The molecule has 0 aromatic rings. The van der Waals surface area contributed by atoms with Crippen LogP contribution in [0.2, 0.25) is 0 Å². The summed E-state index contributed by atoms with van der Waals surface area (Å²) in [6, 6.07) is 0.737. The summed E-state index contributed by atoms with van der Waals surface area (Å²) in [5.74, 6) is 0. The molecule has 0 bridgehead atoms. The third-order valence-corrected chi connectivity index (χ3v) is 2.36. The quantitative estimate of drug-likeness (QED) is 0.536. The molecule has 1 rings (SSSR count). The van der Waals surface area contributed by atoms with Gasteiger partial charge in [0.25, 0.3) is 0 Å². The second-order valence-corrected chi connectivity index (χ2v) is 3.34. The van der Waals surface area contributed by atoms with E-state index < -0.39 is 0 Å². The second kappa shape index (κ2) is 3.47. The first kappa shape index (κ1) is 7.42. The average Bonchev–Trinajstić information content (AvgIpc) is 1.88. The molecule has 1 aliphatic rings. The molecule has 0 aliphatic carbocycles. The van der Waals surface area contributed by atoms with Crippen LogP contribution in [0.3, 0.4) is 0 Å². The van der Waals surface area contributed by atoms with E-state index in [1.54, 1.807) is 0 Å². The lowest BCUT2D eigenvalue weighted by atomic mass is 10.0. The first-order valence-corrected chi connectivity index (χ1v) is 4.28. The topological polar surface area (TPSA) is 12.0 Å². The molecule has 1 aliphatic heterocycles. The van der Waals surface area contributed by atoms with E-state index in [1.807, 2.05) is 0 Å². The van der Waals surface area contributed by atoms with Crippen molar-refractivity contribution in [3.8, 4) is 0 Å². The molecule has 2 atom stereocenters. The fourth-order valence-electron chi connectivity index (χ4n) is 1.32. The molecule has 2 unspecified atom stereocenters. The number of rotatable bonds is 1. The highest BCUT2D eigenvalue weighted by Gasteiger charge is 2.15. The molecular formula is C7H15NS. The molecule has 0 spiro atoms. The maximum atomic E-state index is 4.36. The minimum Gasteiger partial charge on any atom is -0.303 e. The maximum absolute atomic E-state index is 4.36. The summed E-state index contributed by atoms with van der Waals surface area (Å²) in [4.78, 5) is 0. The Kier molecular flexibility index (Phi) is 2.86. The minimum atomic E-state index is 0.462. The molecule has 0 aromatic heterocycles. The first-order valence-electron chi connectivity index (χ1n) is 3.77. The highest BCUT2D eigenvalue weighted by Crippen LogP contribution is 2.16. The van der Waals surface area contributed by atoms with Crippen LogP contribution in [-0.2, 0) is 0 Å². The number of hydrogen-bond donors (Lipinski definition) is 2. The Morgan fingerprint density at radius 3 is 2.78 bits per heavy atom. The van der Waals surface area contributed by atoms with Crippen molar-refractivity contribution in [2.24, 2.45) is 0 Å². The van der Waals surface area contributed by atoms with Gasteiger partial charge in [0, 0.05) is 6.04 Å². The Bertz CT molecular complexity index is 85.0. The van der Waals surface area contributed by atoms with Crippen LogP contribution in [0, 0.1) is 0 Å². The number of nitrogens with one attached hydrogen (secondary N) is 1. The van der Waals surface area contributed by atoms with Gasteiger partial charge in [-0.1, -0.05) is 6.92 Å². The van der Waals surface area contributed by atoms with Gasteiger partial charge in [-0.2, -0.15) is 12.6 Å². The van der Waals surface area contributed by atoms with Crippen LogP contribution < -0.4 is 5.32 Å². The fraction of sp³-hybridized carbons (Fsp3) is 1.00. The number of piperidine rings is 1. The standard InChI is InChI=1S/C7H15NS/c1-2-6-4-3-5-7(9)8-6/h6-9H,2-5H2,1H3. The van der Waals surface area contributed by atoms with Gasteiger partial charge in [-0.3, -0.25) is 0 Å². The lowest BCUT2D eigenvalue weighted by Gasteiger charge is -2.26. The van der Waals surface area contributed by atoms with E-state index in [0.29, 0.717) is 5.37 Å². The molecule has 54 valence electrons. The lowest BCUT2D eigenvalue weighted by Crippen LogP contribution is -2.38. The van der Waals surface area contributed by atoms with Crippen molar-refractivity contribution < 1.29 is 0 Å². The molecule has 1 nitrogen and oxygen atoms in total. The molecule has 1 heterocycles. The van der Waals surface area contributed by atoms with Crippen molar-refractivity contribution >= 4 is 12.6 Å². The minimum absolute atomic E-state index is 0.462. The van der Waals surface area contributed by atoms with Crippen LogP contribution >= 0.6 is 12.6 Å². The van der Waals surface area contributed by atoms with E-state index in [9.17, 15) is 0 Å². The summed E-state index contributed by atoms with van der Waals surface area (Å²) in [6.07, 6.45) is 5.17. The van der Waals surface area contributed by atoms with E-state index in [-0.39, 0.29) is 0 Å². The van der Waals surface area contributed by atoms with Gasteiger partial charge in [-0.15, -0.1) is 0 Å². The molecule has 9 heavy (non-hydrogen) atoms. The van der Waals surface area contributed by atoms with E-state index in [4.69, 9.17) is 0 Å². The van der Waals surface area contributed by atoms with Gasteiger partial charge in [-0.05, 0) is 25.7 Å². The van der Waals surface area contributed by atoms with Crippen molar-refractivity contribution in [2.45, 2.75) is 44.0 Å². The third-order valence-electron chi connectivity index (χ3n) is 1.95. The van der Waals surface area contributed by atoms with E-state index in [1.165, 1.54) is 25.7 Å². The Hall–Kier alpha value is 0.310. The van der Waals surface area contributed by atoms with Crippen LogP contribution in [0.25, 0.3) is 0 Å². The summed E-state index contributed by atoms with van der Waals surface area (Å²) < 4.78 is 0. The van der Waals surface area contributed by atoms with Crippen LogP contribution in [-0.4, -0.2) is 11.4 Å². The third kappa shape index (κ3) is 2.18. The lowest BCUT2D eigenvalue weighted by molar-refractivity contribution is 0.375. The molecule has 0 amide bonds.